The fraction of sp³-hybridized carbons (Fsp3) is 0.350. The average Bonchev–Trinajstić information content (AvgIpc) is 3.24. The largest absolute Gasteiger partial charge is 0.438 e. The third-order valence-electron chi connectivity index (χ3n) is 5.14. The summed E-state index contributed by atoms with van der Waals surface area (Å²) in [7, 11) is 0. The van der Waals surface area contributed by atoms with Crippen molar-refractivity contribution in [3.8, 4) is 0 Å². The Kier molecular flexibility index (Phi) is 5.55. The summed E-state index contributed by atoms with van der Waals surface area (Å²) in [5, 5.41) is 7.08. The summed E-state index contributed by atoms with van der Waals surface area (Å²) in [5.41, 5.74) is -0.374. The average molecular weight is 439 g/mol. The van der Waals surface area contributed by atoms with Crippen LogP contribution in [0.4, 0.5) is 18.9 Å². The van der Waals surface area contributed by atoms with Crippen LogP contribution in [0, 0.1) is 0 Å². The lowest BCUT2D eigenvalue weighted by atomic mass is 9.90. The maximum absolute atomic E-state index is 13.3. The van der Waals surface area contributed by atoms with Crippen molar-refractivity contribution >= 4 is 34.1 Å². The summed E-state index contributed by atoms with van der Waals surface area (Å²) >= 11 is 6.04. The topological polar surface area (TPSA) is 80.0 Å². The first-order valence-electron chi connectivity index (χ1n) is 9.43. The predicted molar refractivity (Wildman–Crippen MR) is 105 cm³/mol. The van der Waals surface area contributed by atoms with Gasteiger partial charge in [-0.25, -0.2) is 9.97 Å². The number of halogens is 4. The minimum Gasteiger partial charge on any atom is -0.438 e. The first kappa shape index (κ1) is 20.5. The first-order chi connectivity index (χ1) is 14.3. The third kappa shape index (κ3) is 4.51. The van der Waals surface area contributed by atoms with Gasteiger partial charge in [0.15, 0.2) is 6.39 Å². The van der Waals surface area contributed by atoms with E-state index in [0.717, 1.165) is 6.07 Å². The summed E-state index contributed by atoms with van der Waals surface area (Å²) in [6, 6.07) is 5.56. The van der Waals surface area contributed by atoms with Crippen LogP contribution in [-0.2, 0) is 6.18 Å². The van der Waals surface area contributed by atoms with Gasteiger partial charge in [0.2, 0.25) is 5.76 Å². The molecule has 2 N–H and O–H groups in total. The highest BCUT2D eigenvalue weighted by Gasteiger charge is 2.34. The second-order valence-electron chi connectivity index (χ2n) is 7.25. The number of hydrogen-bond donors (Lipinski definition) is 2. The molecule has 1 aromatic carbocycles. The SMILES string of the molecule is O=C(NC1CCC(Nc2cc(C(F)(F)F)nc3ccc(Cl)cc23)CC1)c1cnco1. The molecule has 6 nitrogen and oxygen atoms in total. The zero-order chi connectivity index (χ0) is 21.3. The molecule has 0 unspecified atom stereocenters. The number of hydrogen-bond acceptors (Lipinski definition) is 5. The Bertz CT molecular complexity index is 1050. The maximum Gasteiger partial charge on any atom is 0.433 e. The Hall–Kier alpha value is -2.81. The monoisotopic (exact) mass is 438 g/mol. The highest BCUT2D eigenvalue weighted by atomic mass is 35.5. The molecule has 0 saturated heterocycles. The van der Waals surface area contributed by atoms with Gasteiger partial charge in [0, 0.05) is 28.2 Å². The molecular weight excluding hydrogens is 421 g/mol. The second kappa shape index (κ2) is 8.14. The van der Waals surface area contributed by atoms with Gasteiger partial charge >= 0.3 is 6.18 Å². The number of rotatable bonds is 4. The van der Waals surface area contributed by atoms with E-state index in [1.807, 2.05) is 0 Å². The van der Waals surface area contributed by atoms with Crippen LogP contribution in [0.2, 0.25) is 5.02 Å². The molecule has 1 amide bonds. The number of nitrogens with zero attached hydrogens (tertiary/aromatic N) is 2. The lowest BCUT2D eigenvalue weighted by Crippen LogP contribution is -2.40. The van der Waals surface area contributed by atoms with Gasteiger partial charge in [-0.1, -0.05) is 11.6 Å². The summed E-state index contributed by atoms with van der Waals surface area (Å²) < 4.78 is 44.8. The van der Waals surface area contributed by atoms with E-state index in [4.69, 9.17) is 16.0 Å². The molecule has 0 atom stereocenters. The van der Waals surface area contributed by atoms with Gasteiger partial charge in [-0.15, -0.1) is 0 Å². The zero-order valence-electron chi connectivity index (χ0n) is 15.7. The summed E-state index contributed by atoms with van der Waals surface area (Å²) in [5.74, 6) is -0.177. The molecule has 0 radical (unpaired) electrons. The van der Waals surface area contributed by atoms with Crippen LogP contribution >= 0.6 is 11.6 Å². The van der Waals surface area contributed by atoms with Crippen molar-refractivity contribution in [2.24, 2.45) is 0 Å². The number of alkyl halides is 3. The smallest absolute Gasteiger partial charge is 0.433 e. The van der Waals surface area contributed by atoms with Gasteiger partial charge in [-0.05, 0) is 49.9 Å². The molecule has 0 bridgehead atoms. The van der Waals surface area contributed by atoms with E-state index in [2.05, 4.69) is 20.6 Å². The molecule has 2 aromatic heterocycles. The number of fused-ring (bicyclic) bond motifs is 1. The molecule has 1 saturated carbocycles. The van der Waals surface area contributed by atoms with E-state index in [1.165, 1.54) is 24.7 Å². The van der Waals surface area contributed by atoms with Gasteiger partial charge < -0.3 is 15.1 Å². The molecule has 10 heteroatoms. The fourth-order valence-electron chi connectivity index (χ4n) is 3.65. The van der Waals surface area contributed by atoms with Crippen molar-refractivity contribution in [3.05, 3.63) is 53.3 Å². The summed E-state index contributed by atoms with van der Waals surface area (Å²) in [4.78, 5) is 19.5. The number of benzene rings is 1. The van der Waals surface area contributed by atoms with Gasteiger partial charge in [-0.2, -0.15) is 13.2 Å². The number of carbonyl (C=O) groups excluding carboxylic acids is 1. The number of oxazole rings is 1. The molecule has 3 aromatic rings. The Balaban J connectivity index is 1.47. The maximum atomic E-state index is 13.3. The van der Waals surface area contributed by atoms with Crippen LogP contribution in [0.25, 0.3) is 10.9 Å². The van der Waals surface area contributed by atoms with Crippen molar-refractivity contribution in [1.82, 2.24) is 15.3 Å². The van der Waals surface area contributed by atoms with E-state index in [0.29, 0.717) is 41.8 Å². The molecular formula is C20H18ClF3N4O2. The minimum absolute atomic E-state index is 0.0324. The highest BCUT2D eigenvalue weighted by Crippen LogP contribution is 2.35. The molecule has 1 aliphatic rings. The van der Waals surface area contributed by atoms with Crippen molar-refractivity contribution in [2.45, 2.75) is 43.9 Å². The molecule has 30 heavy (non-hydrogen) atoms. The number of amides is 1. The molecule has 2 heterocycles. The molecule has 0 spiro atoms. The second-order valence-corrected chi connectivity index (χ2v) is 7.68. The normalized spacial score (nSPS) is 19.6. The molecule has 1 aliphatic carbocycles. The Morgan fingerprint density at radius 2 is 1.87 bits per heavy atom. The Labute approximate surface area is 174 Å². The fourth-order valence-corrected chi connectivity index (χ4v) is 3.82. The van der Waals surface area contributed by atoms with Gasteiger partial charge in [0.25, 0.3) is 5.91 Å². The van der Waals surface area contributed by atoms with Crippen molar-refractivity contribution in [3.63, 3.8) is 0 Å². The minimum atomic E-state index is -4.55. The number of carbonyl (C=O) groups is 1. The van der Waals surface area contributed by atoms with Crippen molar-refractivity contribution in [1.29, 1.82) is 0 Å². The molecule has 4 rings (SSSR count). The van der Waals surface area contributed by atoms with Crippen molar-refractivity contribution in [2.75, 3.05) is 5.32 Å². The third-order valence-corrected chi connectivity index (χ3v) is 5.37. The van der Waals surface area contributed by atoms with Crippen LogP contribution in [0.3, 0.4) is 0 Å². The van der Waals surface area contributed by atoms with E-state index < -0.39 is 11.9 Å². The zero-order valence-corrected chi connectivity index (χ0v) is 16.4. The van der Waals surface area contributed by atoms with E-state index in [9.17, 15) is 18.0 Å². The Morgan fingerprint density at radius 3 is 2.53 bits per heavy atom. The van der Waals surface area contributed by atoms with Crippen LogP contribution in [0.5, 0.6) is 0 Å². The number of anilines is 1. The summed E-state index contributed by atoms with van der Waals surface area (Å²) in [6.07, 6.45) is 0.741. The lowest BCUT2D eigenvalue weighted by molar-refractivity contribution is -0.140. The van der Waals surface area contributed by atoms with Crippen LogP contribution < -0.4 is 10.6 Å². The first-order valence-corrected chi connectivity index (χ1v) is 9.81. The highest BCUT2D eigenvalue weighted by molar-refractivity contribution is 6.31. The van der Waals surface area contributed by atoms with E-state index in [1.54, 1.807) is 6.07 Å². The number of pyridine rings is 1. The standard InChI is InChI=1S/C20H18ClF3N4O2/c21-11-1-6-15-14(7-11)16(8-18(28-15)20(22,23)24)26-12-2-4-13(5-3-12)27-19(29)17-9-25-10-30-17/h1,6-10,12-13H,2-5H2,(H,26,28)(H,27,29). The van der Waals surface area contributed by atoms with E-state index in [-0.39, 0.29) is 29.3 Å². The quantitative estimate of drug-likeness (QED) is 0.596. The molecule has 0 aliphatic heterocycles. The van der Waals surface area contributed by atoms with Gasteiger partial charge in [-0.3, -0.25) is 4.79 Å². The Morgan fingerprint density at radius 1 is 1.13 bits per heavy atom. The van der Waals surface area contributed by atoms with Gasteiger partial charge in [0.05, 0.1) is 11.7 Å². The lowest BCUT2D eigenvalue weighted by Gasteiger charge is -2.30. The summed E-state index contributed by atoms with van der Waals surface area (Å²) in [6.45, 7) is 0. The van der Waals surface area contributed by atoms with Crippen LogP contribution in [0.15, 0.2) is 41.3 Å². The molecule has 158 valence electrons. The predicted octanol–water partition coefficient (Wildman–Crippen LogP) is 5.05. The van der Waals surface area contributed by atoms with E-state index >= 15 is 0 Å². The molecule has 1 fully saturated rings. The van der Waals surface area contributed by atoms with Crippen molar-refractivity contribution < 1.29 is 22.4 Å². The number of aromatic nitrogens is 2. The van der Waals surface area contributed by atoms with Gasteiger partial charge in [0.1, 0.15) is 5.69 Å². The van der Waals surface area contributed by atoms with Crippen LogP contribution in [0.1, 0.15) is 41.9 Å². The van der Waals surface area contributed by atoms with Crippen LogP contribution in [-0.4, -0.2) is 28.0 Å². The number of nitrogens with one attached hydrogen (secondary N) is 2.